The average molecular weight is 392 g/mol. The Bertz CT molecular complexity index is 875. The topological polar surface area (TPSA) is 52.7 Å². The van der Waals surface area contributed by atoms with Crippen LogP contribution in [-0.2, 0) is 21.4 Å². The van der Waals surface area contributed by atoms with Gasteiger partial charge in [0.1, 0.15) is 0 Å². The number of carbonyl (C=O) groups is 2. The molecule has 1 N–H and O–H groups in total. The van der Waals surface area contributed by atoms with E-state index < -0.39 is 5.41 Å². The number of fused-ring (bicyclic) bond motifs is 1. The molecular weight excluding hydrogens is 362 g/mol. The Morgan fingerprint density at radius 1 is 1.03 bits per heavy atom. The highest BCUT2D eigenvalue weighted by atomic mass is 16.2. The van der Waals surface area contributed by atoms with E-state index in [1.54, 1.807) is 4.90 Å². The summed E-state index contributed by atoms with van der Waals surface area (Å²) in [4.78, 5) is 30.2. The van der Waals surface area contributed by atoms with Gasteiger partial charge in [-0.05, 0) is 43.0 Å². The van der Waals surface area contributed by atoms with Gasteiger partial charge in [0.15, 0.2) is 0 Å². The third kappa shape index (κ3) is 3.79. The highest BCUT2D eigenvalue weighted by Gasteiger charge is 2.49. The van der Waals surface area contributed by atoms with Crippen LogP contribution < -0.4 is 10.2 Å². The van der Waals surface area contributed by atoms with Gasteiger partial charge in [-0.25, -0.2) is 0 Å². The fourth-order valence-electron chi connectivity index (χ4n) is 4.74. The number of carbonyl (C=O) groups excluding carboxylic acids is 2. The SMILES string of the molecule is CN1C(=O)C(CCC(=O)N2CCCNCC2)(Cc2ccccc2)c2ccccc21. The van der Waals surface area contributed by atoms with E-state index in [-0.39, 0.29) is 11.8 Å². The predicted octanol–water partition coefficient (Wildman–Crippen LogP) is 2.75. The van der Waals surface area contributed by atoms with E-state index in [0.29, 0.717) is 19.3 Å². The van der Waals surface area contributed by atoms with Gasteiger partial charge in [0.25, 0.3) is 0 Å². The van der Waals surface area contributed by atoms with Crippen molar-refractivity contribution in [3.63, 3.8) is 0 Å². The molecule has 2 aromatic rings. The maximum Gasteiger partial charge on any atom is 0.237 e. The van der Waals surface area contributed by atoms with Crippen LogP contribution in [0.1, 0.15) is 30.4 Å². The monoisotopic (exact) mass is 391 g/mol. The third-order valence-corrected chi connectivity index (χ3v) is 6.30. The van der Waals surface area contributed by atoms with Crippen molar-refractivity contribution in [2.24, 2.45) is 0 Å². The molecule has 0 saturated carbocycles. The fraction of sp³-hybridized carbons (Fsp3) is 0.417. The van der Waals surface area contributed by atoms with Crippen molar-refractivity contribution >= 4 is 17.5 Å². The largest absolute Gasteiger partial charge is 0.341 e. The van der Waals surface area contributed by atoms with Gasteiger partial charge in [-0.3, -0.25) is 9.59 Å². The maximum atomic E-state index is 13.5. The second kappa shape index (κ2) is 8.37. The lowest BCUT2D eigenvalue weighted by atomic mass is 9.73. The highest BCUT2D eigenvalue weighted by Crippen LogP contribution is 2.46. The van der Waals surface area contributed by atoms with Crippen LogP contribution in [0, 0.1) is 0 Å². The van der Waals surface area contributed by atoms with E-state index in [9.17, 15) is 9.59 Å². The van der Waals surface area contributed by atoms with Gasteiger partial charge in [-0.1, -0.05) is 48.5 Å². The molecule has 2 aromatic carbocycles. The number of nitrogens with one attached hydrogen (secondary N) is 1. The first kappa shape index (κ1) is 19.6. The molecular formula is C24H29N3O2. The van der Waals surface area contributed by atoms with Crippen molar-refractivity contribution < 1.29 is 9.59 Å². The minimum Gasteiger partial charge on any atom is -0.341 e. The zero-order chi connectivity index (χ0) is 20.3. The van der Waals surface area contributed by atoms with Gasteiger partial charge in [-0.15, -0.1) is 0 Å². The summed E-state index contributed by atoms with van der Waals surface area (Å²) in [6.45, 7) is 3.33. The van der Waals surface area contributed by atoms with E-state index in [2.05, 4.69) is 23.5 Å². The summed E-state index contributed by atoms with van der Waals surface area (Å²) < 4.78 is 0. The second-order valence-electron chi connectivity index (χ2n) is 8.11. The molecule has 0 aliphatic carbocycles. The van der Waals surface area contributed by atoms with Gasteiger partial charge in [0, 0.05) is 38.8 Å². The van der Waals surface area contributed by atoms with Crippen LogP contribution in [0.3, 0.4) is 0 Å². The fourth-order valence-corrected chi connectivity index (χ4v) is 4.74. The minimum absolute atomic E-state index is 0.0906. The van der Waals surface area contributed by atoms with Crippen molar-refractivity contribution in [2.45, 2.75) is 31.1 Å². The molecule has 5 nitrogen and oxygen atoms in total. The van der Waals surface area contributed by atoms with Crippen LogP contribution >= 0.6 is 0 Å². The van der Waals surface area contributed by atoms with Crippen molar-refractivity contribution in [1.29, 1.82) is 0 Å². The Kier molecular flexibility index (Phi) is 5.67. The van der Waals surface area contributed by atoms with E-state index >= 15 is 0 Å². The third-order valence-electron chi connectivity index (χ3n) is 6.30. The lowest BCUT2D eigenvalue weighted by molar-refractivity contribution is -0.131. The van der Waals surface area contributed by atoms with Crippen LogP contribution in [0.2, 0.25) is 0 Å². The predicted molar refractivity (Wildman–Crippen MR) is 115 cm³/mol. The second-order valence-corrected chi connectivity index (χ2v) is 8.11. The molecule has 1 saturated heterocycles. The van der Waals surface area contributed by atoms with Crippen molar-refractivity contribution in [3.8, 4) is 0 Å². The summed E-state index contributed by atoms with van der Waals surface area (Å²) in [5.74, 6) is 0.244. The number of nitrogens with zero attached hydrogens (tertiary/aromatic N) is 2. The molecule has 0 spiro atoms. The number of rotatable bonds is 5. The van der Waals surface area contributed by atoms with Crippen LogP contribution in [0.5, 0.6) is 0 Å². The summed E-state index contributed by atoms with van der Waals surface area (Å²) in [6, 6.07) is 18.2. The maximum absolute atomic E-state index is 13.5. The molecule has 0 bridgehead atoms. The number of para-hydroxylation sites is 1. The molecule has 1 fully saturated rings. The molecule has 4 rings (SSSR count). The van der Waals surface area contributed by atoms with Gasteiger partial charge in [0.05, 0.1) is 5.41 Å². The average Bonchev–Trinajstić information content (AvgIpc) is 2.96. The Balaban J connectivity index is 1.63. The lowest BCUT2D eigenvalue weighted by Crippen LogP contribution is -2.42. The quantitative estimate of drug-likeness (QED) is 0.853. The van der Waals surface area contributed by atoms with Gasteiger partial charge >= 0.3 is 0 Å². The molecule has 2 amide bonds. The van der Waals surface area contributed by atoms with Gasteiger partial charge in [-0.2, -0.15) is 0 Å². The number of likely N-dealkylation sites (N-methyl/N-ethyl adjacent to an activating group) is 1. The number of benzene rings is 2. The molecule has 2 aliphatic rings. The van der Waals surface area contributed by atoms with Crippen LogP contribution in [-0.4, -0.2) is 49.9 Å². The normalized spacial score (nSPS) is 21.8. The Morgan fingerprint density at radius 3 is 2.62 bits per heavy atom. The first-order valence-corrected chi connectivity index (χ1v) is 10.5. The van der Waals surface area contributed by atoms with E-state index in [4.69, 9.17) is 0 Å². The minimum atomic E-state index is -0.688. The number of hydrogen-bond donors (Lipinski definition) is 1. The molecule has 2 heterocycles. The summed E-state index contributed by atoms with van der Waals surface area (Å²) in [6.07, 6.45) is 2.51. The lowest BCUT2D eigenvalue weighted by Gasteiger charge is -2.30. The molecule has 29 heavy (non-hydrogen) atoms. The Hall–Kier alpha value is -2.66. The molecule has 0 aromatic heterocycles. The van der Waals surface area contributed by atoms with Crippen LogP contribution in [0.15, 0.2) is 54.6 Å². The first-order valence-electron chi connectivity index (χ1n) is 10.5. The van der Waals surface area contributed by atoms with Gasteiger partial charge in [0.2, 0.25) is 11.8 Å². The summed E-state index contributed by atoms with van der Waals surface area (Å²) in [5, 5.41) is 3.34. The Morgan fingerprint density at radius 2 is 1.79 bits per heavy atom. The molecule has 1 atom stereocenters. The highest BCUT2D eigenvalue weighted by molar-refractivity contribution is 6.08. The number of hydrogen-bond acceptors (Lipinski definition) is 3. The summed E-state index contributed by atoms with van der Waals surface area (Å²) in [5.41, 5.74) is 2.44. The molecule has 0 radical (unpaired) electrons. The molecule has 1 unspecified atom stereocenters. The summed E-state index contributed by atoms with van der Waals surface area (Å²) >= 11 is 0. The Labute approximate surface area is 172 Å². The zero-order valence-corrected chi connectivity index (χ0v) is 17.1. The zero-order valence-electron chi connectivity index (χ0n) is 17.1. The van der Waals surface area contributed by atoms with Crippen molar-refractivity contribution in [1.82, 2.24) is 10.2 Å². The van der Waals surface area contributed by atoms with Crippen LogP contribution in [0.25, 0.3) is 0 Å². The van der Waals surface area contributed by atoms with E-state index in [1.807, 2.05) is 48.3 Å². The first-order chi connectivity index (χ1) is 14.1. The molecule has 2 aliphatic heterocycles. The molecule has 5 heteroatoms. The molecule has 152 valence electrons. The van der Waals surface area contributed by atoms with Crippen LogP contribution in [0.4, 0.5) is 5.69 Å². The standard InChI is InChI=1S/C24H29N3O2/c1-26-21-11-6-5-10-20(21)24(23(26)29,18-19-8-3-2-4-9-19)13-12-22(28)27-16-7-14-25-15-17-27/h2-6,8-11,25H,7,12-18H2,1H3. The van der Waals surface area contributed by atoms with Crippen molar-refractivity contribution in [3.05, 3.63) is 65.7 Å². The number of amides is 2. The number of anilines is 1. The van der Waals surface area contributed by atoms with Crippen molar-refractivity contribution in [2.75, 3.05) is 38.1 Å². The van der Waals surface area contributed by atoms with E-state index in [0.717, 1.165) is 49.4 Å². The smallest absolute Gasteiger partial charge is 0.237 e. The van der Waals surface area contributed by atoms with Gasteiger partial charge < -0.3 is 15.1 Å². The summed E-state index contributed by atoms with van der Waals surface area (Å²) in [7, 11) is 1.84. The van der Waals surface area contributed by atoms with E-state index in [1.165, 1.54) is 0 Å².